The summed E-state index contributed by atoms with van der Waals surface area (Å²) in [6.45, 7) is 0. The number of furan rings is 1. The number of thiophene rings is 2. The van der Waals surface area contributed by atoms with Crippen molar-refractivity contribution in [1.29, 1.82) is 0 Å². The second-order valence-electron chi connectivity index (χ2n) is 12.9. The Bertz CT molecular complexity index is 3090. The fourth-order valence-electron chi connectivity index (χ4n) is 7.64. The van der Waals surface area contributed by atoms with Gasteiger partial charge in [-0.3, -0.25) is 0 Å². The molecule has 8 aromatic carbocycles. The molecule has 0 saturated carbocycles. The van der Waals surface area contributed by atoms with Crippen molar-refractivity contribution in [2.75, 3.05) is 4.90 Å². The van der Waals surface area contributed by atoms with Crippen LogP contribution in [-0.4, -0.2) is 0 Å². The van der Waals surface area contributed by atoms with Gasteiger partial charge in [-0.2, -0.15) is 0 Å². The fraction of sp³-hybridized carbons (Fsp3) is 0. The molecule has 0 radical (unpaired) electrons. The predicted octanol–water partition coefficient (Wildman–Crippen LogP) is 14.6. The van der Waals surface area contributed by atoms with E-state index in [0.29, 0.717) is 0 Å². The fourth-order valence-corrected chi connectivity index (χ4v) is 9.95. The molecule has 234 valence electrons. The molecule has 0 aliphatic rings. The molecular formula is C46H27NOS2. The van der Waals surface area contributed by atoms with Crippen molar-refractivity contribution in [3.8, 4) is 11.1 Å². The van der Waals surface area contributed by atoms with E-state index in [2.05, 4.69) is 157 Å². The average Bonchev–Trinajstić information content (AvgIpc) is 3.84. The first-order chi connectivity index (χ1) is 24.7. The van der Waals surface area contributed by atoms with Gasteiger partial charge in [-0.1, -0.05) is 91.0 Å². The maximum absolute atomic E-state index is 6.48. The molecule has 0 saturated heterocycles. The summed E-state index contributed by atoms with van der Waals surface area (Å²) in [5.74, 6) is 0. The number of hydrogen-bond donors (Lipinski definition) is 0. The molecule has 2 nitrogen and oxygen atoms in total. The van der Waals surface area contributed by atoms with Crippen LogP contribution >= 0.6 is 22.7 Å². The monoisotopic (exact) mass is 673 g/mol. The molecule has 4 heteroatoms. The lowest BCUT2D eigenvalue weighted by atomic mass is 10.0. The van der Waals surface area contributed by atoms with Crippen LogP contribution < -0.4 is 4.90 Å². The van der Waals surface area contributed by atoms with Crippen molar-refractivity contribution < 1.29 is 4.42 Å². The van der Waals surface area contributed by atoms with Gasteiger partial charge in [0.25, 0.3) is 0 Å². The summed E-state index contributed by atoms with van der Waals surface area (Å²) in [6.07, 6.45) is 0. The van der Waals surface area contributed by atoms with Crippen molar-refractivity contribution in [2.45, 2.75) is 0 Å². The normalized spacial score (nSPS) is 12.0. The smallest absolute Gasteiger partial charge is 0.159 e. The van der Waals surface area contributed by atoms with Gasteiger partial charge in [0, 0.05) is 62.5 Å². The SMILES string of the molecule is c1ccc(N(c2ccc(-c3ccc4c(c3)sc3cc5cc6sc7ccccc7c6cc5cc34)cc2)c2cccc3c2oc2ccccc23)cc1. The van der Waals surface area contributed by atoms with Crippen LogP contribution in [0.15, 0.2) is 168 Å². The van der Waals surface area contributed by atoms with Gasteiger partial charge in [0.05, 0.1) is 5.69 Å². The first-order valence-corrected chi connectivity index (χ1v) is 18.5. The number of anilines is 3. The van der Waals surface area contributed by atoms with E-state index in [1.54, 1.807) is 0 Å². The number of nitrogens with zero attached hydrogens (tertiary/aromatic N) is 1. The van der Waals surface area contributed by atoms with E-state index in [9.17, 15) is 0 Å². The third-order valence-electron chi connectivity index (χ3n) is 10.0. The van der Waals surface area contributed by atoms with Gasteiger partial charge in [0.15, 0.2) is 5.58 Å². The molecule has 0 atom stereocenters. The standard InChI is InChI=1S/C46H27NOS2/c1-2-9-32(10-3-1)47(40-14-8-13-37-34-11-4-6-15-41(34)48-46(37)40)33-20-17-28(18-21-33)29-19-22-36-39-24-30-23-38-35-12-5-7-16-42(35)49-44(38)26-31(30)27-45(39)50-43(36)25-29/h1-27H. The highest BCUT2D eigenvalue weighted by atomic mass is 32.1. The summed E-state index contributed by atoms with van der Waals surface area (Å²) >= 11 is 3.77. The van der Waals surface area contributed by atoms with Crippen molar-refractivity contribution >= 4 is 113 Å². The van der Waals surface area contributed by atoms with Crippen LogP contribution in [0.5, 0.6) is 0 Å². The van der Waals surface area contributed by atoms with Crippen LogP contribution in [0.25, 0.3) is 84.2 Å². The molecule has 0 aliphatic carbocycles. The maximum Gasteiger partial charge on any atom is 0.159 e. The first-order valence-electron chi connectivity index (χ1n) is 16.8. The number of benzene rings is 8. The van der Waals surface area contributed by atoms with Gasteiger partial charge in [0.2, 0.25) is 0 Å². The van der Waals surface area contributed by atoms with Crippen LogP contribution in [0.1, 0.15) is 0 Å². The highest BCUT2D eigenvalue weighted by molar-refractivity contribution is 7.26. The van der Waals surface area contributed by atoms with E-state index in [4.69, 9.17) is 4.42 Å². The molecule has 11 aromatic rings. The minimum Gasteiger partial charge on any atom is -0.454 e. The van der Waals surface area contributed by atoms with Crippen LogP contribution in [0.2, 0.25) is 0 Å². The van der Waals surface area contributed by atoms with Crippen molar-refractivity contribution in [3.05, 3.63) is 164 Å². The number of rotatable bonds is 4. The summed E-state index contributed by atoms with van der Waals surface area (Å²) < 4.78 is 11.8. The van der Waals surface area contributed by atoms with Gasteiger partial charge in [-0.15, -0.1) is 22.7 Å². The summed E-state index contributed by atoms with van der Waals surface area (Å²) in [7, 11) is 0. The van der Waals surface area contributed by atoms with Crippen molar-refractivity contribution in [3.63, 3.8) is 0 Å². The molecule has 11 rings (SSSR count). The molecule has 0 unspecified atom stereocenters. The van der Waals surface area contributed by atoms with E-state index >= 15 is 0 Å². The van der Waals surface area contributed by atoms with Gasteiger partial charge in [0.1, 0.15) is 5.58 Å². The Morgan fingerprint density at radius 2 is 0.980 bits per heavy atom. The zero-order valence-corrected chi connectivity index (χ0v) is 28.4. The van der Waals surface area contributed by atoms with Crippen LogP contribution in [-0.2, 0) is 0 Å². The highest BCUT2D eigenvalue weighted by Crippen LogP contribution is 2.44. The van der Waals surface area contributed by atoms with Gasteiger partial charge >= 0.3 is 0 Å². The Labute approximate surface area is 295 Å². The van der Waals surface area contributed by atoms with Gasteiger partial charge in [-0.25, -0.2) is 0 Å². The number of fused-ring (bicyclic) bond motifs is 10. The lowest BCUT2D eigenvalue weighted by Crippen LogP contribution is -2.10. The lowest BCUT2D eigenvalue weighted by molar-refractivity contribution is 0.669. The molecule has 0 spiro atoms. The van der Waals surface area contributed by atoms with E-state index in [1.807, 2.05) is 34.8 Å². The topological polar surface area (TPSA) is 16.4 Å². The van der Waals surface area contributed by atoms with Crippen LogP contribution in [0.4, 0.5) is 17.1 Å². The molecule has 0 amide bonds. The molecule has 50 heavy (non-hydrogen) atoms. The summed E-state index contributed by atoms with van der Waals surface area (Å²) in [4.78, 5) is 2.29. The van der Waals surface area contributed by atoms with Crippen LogP contribution in [0.3, 0.4) is 0 Å². The largest absolute Gasteiger partial charge is 0.454 e. The van der Waals surface area contributed by atoms with E-state index < -0.39 is 0 Å². The Kier molecular flexibility index (Phi) is 6.03. The Balaban J connectivity index is 0.997. The highest BCUT2D eigenvalue weighted by Gasteiger charge is 2.19. The zero-order valence-electron chi connectivity index (χ0n) is 26.8. The first kappa shape index (κ1) is 28.0. The second-order valence-corrected chi connectivity index (χ2v) is 15.1. The lowest BCUT2D eigenvalue weighted by Gasteiger charge is -2.25. The zero-order chi connectivity index (χ0) is 32.8. The van der Waals surface area contributed by atoms with Crippen LogP contribution in [0, 0.1) is 0 Å². The molecule has 0 bridgehead atoms. The summed E-state index contributed by atoms with van der Waals surface area (Å²) in [5, 5.41) is 10.2. The third kappa shape index (κ3) is 4.26. The molecular weight excluding hydrogens is 647 g/mol. The van der Waals surface area contributed by atoms with E-state index in [1.165, 1.54) is 62.2 Å². The summed E-state index contributed by atoms with van der Waals surface area (Å²) in [5.41, 5.74) is 7.38. The number of hydrogen-bond acceptors (Lipinski definition) is 4. The minimum atomic E-state index is 0.887. The number of para-hydroxylation sites is 3. The Morgan fingerprint density at radius 3 is 1.80 bits per heavy atom. The molecule has 3 aromatic heterocycles. The Morgan fingerprint density at radius 1 is 0.380 bits per heavy atom. The molecule has 3 heterocycles. The van der Waals surface area contributed by atoms with Crippen molar-refractivity contribution in [1.82, 2.24) is 0 Å². The third-order valence-corrected chi connectivity index (χ3v) is 12.3. The minimum absolute atomic E-state index is 0.887. The summed E-state index contributed by atoms with van der Waals surface area (Å²) in [6, 6.07) is 59.4. The predicted molar refractivity (Wildman–Crippen MR) is 217 cm³/mol. The second kappa shape index (κ2) is 10.8. The molecule has 0 N–H and O–H groups in total. The maximum atomic E-state index is 6.48. The Hall–Kier alpha value is -5.94. The van der Waals surface area contributed by atoms with Crippen molar-refractivity contribution in [2.24, 2.45) is 0 Å². The van der Waals surface area contributed by atoms with E-state index in [0.717, 1.165) is 39.0 Å². The van der Waals surface area contributed by atoms with Gasteiger partial charge < -0.3 is 9.32 Å². The molecule has 0 aliphatic heterocycles. The van der Waals surface area contributed by atoms with E-state index in [-0.39, 0.29) is 0 Å². The average molecular weight is 674 g/mol. The quantitative estimate of drug-likeness (QED) is 0.185. The van der Waals surface area contributed by atoms with Gasteiger partial charge in [-0.05, 0) is 94.7 Å². The molecule has 0 fully saturated rings.